The zero-order chi connectivity index (χ0) is 18.8. The fourth-order valence-corrected chi connectivity index (χ4v) is 2.98. The molecule has 1 aliphatic carbocycles. The molecule has 0 saturated heterocycles. The summed E-state index contributed by atoms with van der Waals surface area (Å²) in [5.41, 5.74) is 1.62. The highest BCUT2D eigenvalue weighted by Gasteiger charge is 2.25. The smallest absolute Gasteiger partial charge is 0.253 e. The highest BCUT2D eigenvalue weighted by molar-refractivity contribution is 6.32. The lowest BCUT2D eigenvalue weighted by Crippen LogP contribution is -2.26. The Hall–Kier alpha value is -2.99. The molecule has 2 aromatic carbocycles. The van der Waals surface area contributed by atoms with Gasteiger partial charge in [-0.2, -0.15) is 0 Å². The first-order valence-corrected chi connectivity index (χ1v) is 8.96. The van der Waals surface area contributed by atoms with Gasteiger partial charge in [0.05, 0.1) is 16.3 Å². The van der Waals surface area contributed by atoms with Gasteiger partial charge in [-0.05, 0) is 48.7 Å². The number of carbonyl (C=O) groups excluding carboxylic acids is 2. The Labute approximate surface area is 161 Å². The molecule has 27 heavy (non-hydrogen) atoms. The van der Waals surface area contributed by atoms with Crippen molar-refractivity contribution in [3.63, 3.8) is 0 Å². The van der Waals surface area contributed by atoms with Gasteiger partial charge in [-0.3, -0.25) is 9.59 Å². The van der Waals surface area contributed by atoms with Gasteiger partial charge < -0.3 is 20.1 Å². The van der Waals surface area contributed by atoms with Crippen molar-refractivity contribution in [3.05, 3.63) is 58.6 Å². The first-order chi connectivity index (χ1) is 13.1. The monoisotopic (exact) mass is 384 g/mol. The van der Waals surface area contributed by atoms with Crippen LogP contribution < -0.4 is 20.1 Å². The second-order valence-electron chi connectivity index (χ2n) is 6.35. The zero-order valence-corrected chi connectivity index (χ0v) is 15.1. The zero-order valence-electron chi connectivity index (χ0n) is 14.3. The standard InChI is InChI=1S/C20H17ClN2O4/c21-15-9-12(10-17-19(15)27-11-26-17)5-8-18(24)23-16-4-2-1-3-14(16)20(25)22-13-6-7-13/h1-5,8-10,13H,6-7,11H2,(H,22,25)(H,23,24)/b8-5+. The molecule has 0 spiro atoms. The molecule has 2 N–H and O–H groups in total. The van der Waals surface area contributed by atoms with E-state index in [0.717, 1.165) is 12.8 Å². The molecule has 2 amide bonds. The van der Waals surface area contributed by atoms with Gasteiger partial charge in [-0.1, -0.05) is 23.7 Å². The molecule has 2 aromatic rings. The van der Waals surface area contributed by atoms with Crippen LogP contribution in [0.25, 0.3) is 6.08 Å². The van der Waals surface area contributed by atoms with Crippen molar-refractivity contribution in [2.75, 3.05) is 12.1 Å². The molecule has 0 bridgehead atoms. The highest BCUT2D eigenvalue weighted by Crippen LogP contribution is 2.40. The number of hydrogen-bond acceptors (Lipinski definition) is 4. The number of amides is 2. The normalized spacial score (nSPS) is 15.0. The van der Waals surface area contributed by atoms with E-state index in [1.165, 1.54) is 6.08 Å². The van der Waals surface area contributed by atoms with Crippen molar-refractivity contribution in [1.29, 1.82) is 0 Å². The predicted molar refractivity (Wildman–Crippen MR) is 102 cm³/mol. The topological polar surface area (TPSA) is 76.7 Å². The minimum absolute atomic E-state index is 0.127. The van der Waals surface area contributed by atoms with Gasteiger partial charge in [-0.25, -0.2) is 0 Å². The molecule has 138 valence electrons. The van der Waals surface area contributed by atoms with E-state index < -0.39 is 0 Å². The highest BCUT2D eigenvalue weighted by atomic mass is 35.5. The van der Waals surface area contributed by atoms with Crippen LogP contribution in [-0.2, 0) is 4.79 Å². The van der Waals surface area contributed by atoms with Crippen LogP contribution in [0.3, 0.4) is 0 Å². The summed E-state index contributed by atoms with van der Waals surface area (Å²) in [7, 11) is 0. The fraction of sp³-hybridized carbons (Fsp3) is 0.200. The predicted octanol–water partition coefficient (Wildman–Crippen LogP) is 3.61. The molecule has 4 rings (SSSR count). The summed E-state index contributed by atoms with van der Waals surface area (Å²) in [6.07, 6.45) is 5.00. The van der Waals surface area contributed by atoms with E-state index in [-0.39, 0.29) is 24.6 Å². The Balaban J connectivity index is 1.46. The molecule has 0 unspecified atom stereocenters. The van der Waals surface area contributed by atoms with Gasteiger partial charge >= 0.3 is 0 Å². The quantitative estimate of drug-likeness (QED) is 0.772. The summed E-state index contributed by atoms with van der Waals surface area (Å²) in [4.78, 5) is 24.6. The average Bonchev–Trinajstić information content (AvgIpc) is 3.33. The molecule has 6 nitrogen and oxygen atoms in total. The molecule has 1 fully saturated rings. The SMILES string of the molecule is O=C(/C=C/c1cc(Cl)c2c(c1)OCO2)Nc1ccccc1C(=O)NC1CC1. The number of rotatable bonds is 5. The van der Waals surface area contributed by atoms with Crippen LogP contribution in [0.5, 0.6) is 11.5 Å². The third-order valence-electron chi connectivity index (χ3n) is 4.22. The first kappa shape index (κ1) is 17.4. The summed E-state index contributed by atoms with van der Waals surface area (Å²) < 4.78 is 10.6. The largest absolute Gasteiger partial charge is 0.454 e. The number of halogens is 1. The van der Waals surface area contributed by atoms with E-state index in [1.54, 1.807) is 42.5 Å². The number of carbonyl (C=O) groups is 2. The third-order valence-corrected chi connectivity index (χ3v) is 4.50. The summed E-state index contributed by atoms with van der Waals surface area (Å²) >= 11 is 6.14. The van der Waals surface area contributed by atoms with E-state index in [1.807, 2.05) is 0 Å². The second kappa shape index (κ2) is 7.32. The summed E-state index contributed by atoms with van der Waals surface area (Å²) in [5, 5.41) is 6.09. The maximum atomic E-state index is 12.3. The van der Waals surface area contributed by atoms with E-state index in [0.29, 0.717) is 33.3 Å². The van der Waals surface area contributed by atoms with Gasteiger partial charge in [0.2, 0.25) is 12.7 Å². The van der Waals surface area contributed by atoms with Crippen molar-refractivity contribution in [3.8, 4) is 11.5 Å². The summed E-state index contributed by atoms with van der Waals surface area (Å²) in [6, 6.07) is 10.6. The van der Waals surface area contributed by atoms with Crippen LogP contribution in [0.2, 0.25) is 5.02 Å². The number of benzene rings is 2. The molecule has 1 saturated carbocycles. The number of para-hydroxylation sites is 1. The molecular weight excluding hydrogens is 368 g/mol. The van der Waals surface area contributed by atoms with E-state index >= 15 is 0 Å². The summed E-state index contributed by atoms with van der Waals surface area (Å²) in [5.74, 6) is 0.522. The second-order valence-corrected chi connectivity index (χ2v) is 6.76. The molecule has 0 aromatic heterocycles. The van der Waals surface area contributed by atoms with Crippen molar-refractivity contribution in [2.24, 2.45) is 0 Å². The molecule has 0 atom stereocenters. The van der Waals surface area contributed by atoms with Crippen molar-refractivity contribution < 1.29 is 19.1 Å². The Bertz CT molecular complexity index is 938. The number of fused-ring (bicyclic) bond motifs is 1. The Morgan fingerprint density at radius 3 is 2.78 bits per heavy atom. The number of hydrogen-bond donors (Lipinski definition) is 2. The van der Waals surface area contributed by atoms with E-state index in [9.17, 15) is 9.59 Å². The molecule has 7 heteroatoms. The van der Waals surface area contributed by atoms with Crippen LogP contribution in [0.4, 0.5) is 5.69 Å². The molecule has 0 radical (unpaired) electrons. The van der Waals surface area contributed by atoms with Gasteiger partial charge in [0.15, 0.2) is 11.5 Å². The van der Waals surface area contributed by atoms with E-state index in [4.69, 9.17) is 21.1 Å². The van der Waals surface area contributed by atoms with Crippen molar-refractivity contribution in [2.45, 2.75) is 18.9 Å². The Morgan fingerprint density at radius 1 is 1.15 bits per heavy atom. The number of nitrogens with one attached hydrogen (secondary N) is 2. The van der Waals surface area contributed by atoms with Gasteiger partial charge in [0, 0.05) is 12.1 Å². The van der Waals surface area contributed by atoms with Crippen molar-refractivity contribution >= 4 is 35.2 Å². The van der Waals surface area contributed by atoms with Gasteiger partial charge in [-0.15, -0.1) is 0 Å². The lowest BCUT2D eigenvalue weighted by molar-refractivity contribution is -0.111. The maximum absolute atomic E-state index is 12.3. The minimum atomic E-state index is -0.351. The van der Waals surface area contributed by atoms with Crippen LogP contribution in [0.15, 0.2) is 42.5 Å². The summed E-state index contributed by atoms with van der Waals surface area (Å²) in [6.45, 7) is 0.127. The van der Waals surface area contributed by atoms with Crippen LogP contribution in [0.1, 0.15) is 28.8 Å². The van der Waals surface area contributed by atoms with Gasteiger partial charge in [0.25, 0.3) is 5.91 Å². The molecule has 2 aliphatic rings. The number of anilines is 1. The van der Waals surface area contributed by atoms with E-state index in [2.05, 4.69) is 10.6 Å². The maximum Gasteiger partial charge on any atom is 0.253 e. The fourth-order valence-electron chi connectivity index (χ4n) is 2.71. The molecular formula is C20H17ClN2O4. The third kappa shape index (κ3) is 4.06. The Morgan fingerprint density at radius 2 is 1.96 bits per heavy atom. The lowest BCUT2D eigenvalue weighted by Gasteiger charge is -2.10. The van der Waals surface area contributed by atoms with Crippen LogP contribution >= 0.6 is 11.6 Å². The van der Waals surface area contributed by atoms with Crippen molar-refractivity contribution in [1.82, 2.24) is 5.32 Å². The molecule has 1 heterocycles. The first-order valence-electron chi connectivity index (χ1n) is 8.58. The lowest BCUT2D eigenvalue weighted by atomic mass is 10.1. The number of ether oxygens (including phenoxy) is 2. The minimum Gasteiger partial charge on any atom is -0.454 e. The molecule has 1 aliphatic heterocycles. The Kier molecular flexibility index (Phi) is 4.73. The van der Waals surface area contributed by atoms with Gasteiger partial charge in [0.1, 0.15) is 0 Å². The average molecular weight is 385 g/mol. The van der Waals surface area contributed by atoms with Crippen LogP contribution in [-0.4, -0.2) is 24.6 Å². The van der Waals surface area contributed by atoms with Crippen LogP contribution in [0, 0.1) is 0 Å².